The van der Waals surface area contributed by atoms with Crippen molar-refractivity contribution in [3.05, 3.63) is 52.2 Å². The first-order valence-electron chi connectivity index (χ1n) is 7.29. The maximum atomic E-state index is 6.01. The number of hydrogen-bond acceptors (Lipinski definition) is 2. The molecular formula is C18H27ClN2. The summed E-state index contributed by atoms with van der Waals surface area (Å²) in [5.74, 6) is 0. The first-order chi connectivity index (χ1) is 9.81. The summed E-state index contributed by atoms with van der Waals surface area (Å²) in [6.07, 6.45) is 4.36. The van der Waals surface area contributed by atoms with Gasteiger partial charge in [-0.2, -0.15) is 0 Å². The Morgan fingerprint density at radius 2 is 1.76 bits per heavy atom. The van der Waals surface area contributed by atoms with E-state index in [1.54, 1.807) is 0 Å². The monoisotopic (exact) mass is 306 g/mol. The molecule has 0 N–H and O–H groups in total. The number of halogens is 1. The molecule has 0 aliphatic carbocycles. The Balaban J connectivity index is 2.79. The molecule has 1 rings (SSSR count). The number of allylic oxidation sites excluding steroid dienone is 4. The van der Waals surface area contributed by atoms with Gasteiger partial charge in [-0.3, -0.25) is 0 Å². The van der Waals surface area contributed by atoms with E-state index in [-0.39, 0.29) is 0 Å². The SMILES string of the molecule is C/C(=C\C=C(/C)N(C)CCN(C)C)c1ccc(Cl)cc1C. The van der Waals surface area contributed by atoms with Crippen LogP contribution in [-0.2, 0) is 0 Å². The van der Waals surface area contributed by atoms with Crippen LogP contribution in [0.15, 0.2) is 36.0 Å². The minimum Gasteiger partial charge on any atom is -0.377 e. The highest BCUT2D eigenvalue weighted by Gasteiger charge is 2.02. The molecule has 0 amide bonds. The van der Waals surface area contributed by atoms with Crippen molar-refractivity contribution < 1.29 is 0 Å². The average molecular weight is 307 g/mol. The number of rotatable bonds is 6. The second-order valence-electron chi connectivity index (χ2n) is 5.84. The molecule has 3 heteroatoms. The fourth-order valence-electron chi connectivity index (χ4n) is 2.06. The topological polar surface area (TPSA) is 6.48 Å². The van der Waals surface area contributed by atoms with Crippen molar-refractivity contribution in [2.24, 2.45) is 0 Å². The molecule has 0 spiro atoms. The van der Waals surface area contributed by atoms with E-state index in [9.17, 15) is 0 Å². The molecule has 0 heterocycles. The molecule has 0 saturated heterocycles. The number of hydrogen-bond donors (Lipinski definition) is 0. The molecule has 2 nitrogen and oxygen atoms in total. The summed E-state index contributed by atoms with van der Waals surface area (Å²) >= 11 is 6.01. The van der Waals surface area contributed by atoms with Gasteiger partial charge in [-0.05, 0) is 69.8 Å². The lowest BCUT2D eigenvalue weighted by molar-refractivity contribution is 0.326. The predicted molar refractivity (Wildman–Crippen MR) is 94.8 cm³/mol. The van der Waals surface area contributed by atoms with Gasteiger partial charge in [0.1, 0.15) is 0 Å². The molecule has 0 bridgehead atoms. The first kappa shape index (κ1) is 17.8. The third kappa shape index (κ3) is 5.94. The Hall–Kier alpha value is -1.25. The van der Waals surface area contributed by atoms with Gasteiger partial charge < -0.3 is 9.80 Å². The third-order valence-corrected chi connectivity index (χ3v) is 3.91. The molecular weight excluding hydrogens is 280 g/mol. The van der Waals surface area contributed by atoms with Crippen LogP contribution in [0.5, 0.6) is 0 Å². The summed E-state index contributed by atoms with van der Waals surface area (Å²) in [4.78, 5) is 4.47. The summed E-state index contributed by atoms with van der Waals surface area (Å²) in [5.41, 5.74) is 4.98. The lowest BCUT2D eigenvalue weighted by Crippen LogP contribution is -2.27. The second kappa shape index (κ2) is 8.26. The lowest BCUT2D eigenvalue weighted by atomic mass is 10.0. The summed E-state index contributed by atoms with van der Waals surface area (Å²) < 4.78 is 0. The average Bonchev–Trinajstić information content (AvgIpc) is 2.41. The van der Waals surface area contributed by atoms with Crippen LogP contribution < -0.4 is 0 Å². The standard InChI is InChI=1S/C18H27ClN2/c1-14(18-10-9-17(19)13-15(18)2)7-8-16(3)21(6)12-11-20(4)5/h7-10,13H,11-12H2,1-6H3/b14-7+,16-8+. The van der Waals surface area contributed by atoms with Crippen LogP contribution in [0, 0.1) is 6.92 Å². The van der Waals surface area contributed by atoms with E-state index in [0.29, 0.717) is 0 Å². The highest BCUT2D eigenvalue weighted by atomic mass is 35.5. The number of nitrogens with zero attached hydrogens (tertiary/aromatic N) is 2. The Morgan fingerprint density at radius 3 is 2.33 bits per heavy atom. The van der Waals surface area contributed by atoms with Gasteiger partial charge in [0.05, 0.1) is 0 Å². The van der Waals surface area contributed by atoms with Crippen LogP contribution >= 0.6 is 11.6 Å². The largest absolute Gasteiger partial charge is 0.377 e. The van der Waals surface area contributed by atoms with Crippen LogP contribution in [0.25, 0.3) is 5.57 Å². The molecule has 21 heavy (non-hydrogen) atoms. The molecule has 0 fully saturated rings. The van der Waals surface area contributed by atoms with E-state index >= 15 is 0 Å². The van der Waals surface area contributed by atoms with Crippen molar-refractivity contribution in [1.82, 2.24) is 9.80 Å². The highest BCUT2D eigenvalue weighted by molar-refractivity contribution is 6.30. The maximum absolute atomic E-state index is 6.01. The van der Waals surface area contributed by atoms with Gasteiger partial charge >= 0.3 is 0 Å². The van der Waals surface area contributed by atoms with Crippen LogP contribution in [0.2, 0.25) is 5.02 Å². The predicted octanol–water partition coefficient (Wildman–Crippen LogP) is 4.45. The van der Waals surface area contributed by atoms with Gasteiger partial charge in [-0.15, -0.1) is 0 Å². The molecule has 0 aromatic heterocycles. The minimum absolute atomic E-state index is 0.791. The molecule has 0 atom stereocenters. The van der Waals surface area contributed by atoms with E-state index in [1.807, 2.05) is 12.1 Å². The highest BCUT2D eigenvalue weighted by Crippen LogP contribution is 2.22. The molecule has 0 unspecified atom stereocenters. The zero-order valence-electron chi connectivity index (χ0n) is 14.1. The summed E-state index contributed by atoms with van der Waals surface area (Å²) in [6.45, 7) is 8.47. The van der Waals surface area contributed by atoms with Crippen molar-refractivity contribution in [3.8, 4) is 0 Å². The number of likely N-dealkylation sites (N-methyl/N-ethyl adjacent to an activating group) is 2. The van der Waals surface area contributed by atoms with Crippen LogP contribution in [0.1, 0.15) is 25.0 Å². The second-order valence-corrected chi connectivity index (χ2v) is 6.28. The quantitative estimate of drug-likeness (QED) is 0.717. The van der Waals surface area contributed by atoms with Crippen molar-refractivity contribution in [2.45, 2.75) is 20.8 Å². The van der Waals surface area contributed by atoms with Crippen LogP contribution in [0.3, 0.4) is 0 Å². The number of aryl methyl sites for hydroxylation is 1. The van der Waals surface area contributed by atoms with Gasteiger partial charge in [0.15, 0.2) is 0 Å². The summed E-state index contributed by atoms with van der Waals surface area (Å²) in [5, 5.41) is 0.791. The van der Waals surface area contributed by atoms with Gasteiger partial charge in [0.25, 0.3) is 0 Å². The molecule has 0 radical (unpaired) electrons. The fraction of sp³-hybridized carbons (Fsp3) is 0.444. The van der Waals surface area contributed by atoms with Crippen molar-refractivity contribution in [1.29, 1.82) is 0 Å². The first-order valence-corrected chi connectivity index (χ1v) is 7.66. The summed E-state index contributed by atoms with van der Waals surface area (Å²) in [7, 11) is 6.33. The Labute approximate surface area is 134 Å². The zero-order valence-corrected chi connectivity index (χ0v) is 14.8. The van der Waals surface area contributed by atoms with Crippen molar-refractivity contribution >= 4 is 17.2 Å². The zero-order chi connectivity index (χ0) is 16.0. The van der Waals surface area contributed by atoms with E-state index in [1.165, 1.54) is 22.4 Å². The molecule has 1 aromatic carbocycles. The van der Waals surface area contributed by atoms with Gasteiger partial charge in [-0.25, -0.2) is 0 Å². The maximum Gasteiger partial charge on any atom is 0.0409 e. The Morgan fingerprint density at radius 1 is 1.10 bits per heavy atom. The van der Waals surface area contributed by atoms with E-state index in [4.69, 9.17) is 11.6 Å². The fourth-order valence-corrected chi connectivity index (χ4v) is 2.29. The van der Waals surface area contributed by atoms with E-state index in [0.717, 1.165) is 18.1 Å². The molecule has 0 aliphatic heterocycles. The van der Waals surface area contributed by atoms with Crippen molar-refractivity contribution in [3.63, 3.8) is 0 Å². The van der Waals surface area contributed by atoms with E-state index in [2.05, 4.69) is 69.9 Å². The van der Waals surface area contributed by atoms with Crippen molar-refractivity contribution in [2.75, 3.05) is 34.2 Å². The summed E-state index contributed by atoms with van der Waals surface area (Å²) in [6, 6.07) is 6.04. The number of benzene rings is 1. The normalized spacial score (nSPS) is 13.0. The van der Waals surface area contributed by atoms with Gasteiger partial charge in [-0.1, -0.05) is 23.7 Å². The Kier molecular flexibility index (Phi) is 7.00. The Bertz CT molecular complexity index is 530. The smallest absolute Gasteiger partial charge is 0.0409 e. The van der Waals surface area contributed by atoms with Crippen LogP contribution in [-0.4, -0.2) is 44.0 Å². The van der Waals surface area contributed by atoms with E-state index < -0.39 is 0 Å². The minimum atomic E-state index is 0.791. The lowest BCUT2D eigenvalue weighted by Gasteiger charge is -2.21. The van der Waals surface area contributed by atoms with Gasteiger partial charge in [0, 0.05) is 30.9 Å². The molecule has 116 valence electrons. The van der Waals surface area contributed by atoms with Crippen LogP contribution in [0.4, 0.5) is 0 Å². The molecule has 0 saturated carbocycles. The third-order valence-electron chi connectivity index (χ3n) is 3.67. The molecule has 1 aromatic rings. The molecule has 0 aliphatic rings. The van der Waals surface area contributed by atoms with Gasteiger partial charge in [0.2, 0.25) is 0 Å².